The molecule has 0 amide bonds. The predicted molar refractivity (Wildman–Crippen MR) is 86.7 cm³/mol. The highest BCUT2D eigenvalue weighted by Gasteiger charge is 2.22. The van der Waals surface area contributed by atoms with Crippen molar-refractivity contribution in [3.8, 4) is 0 Å². The second-order valence-electron chi connectivity index (χ2n) is 4.30. The van der Waals surface area contributed by atoms with Crippen LogP contribution in [-0.2, 0) is 22.4 Å². The first-order valence-corrected chi connectivity index (χ1v) is 9.42. The Morgan fingerprint density at radius 3 is 2.65 bits per heavy atom. The summed E-state index contributed by atoms with van der Waals surface area (Å²) in [5.74, 6) is 0.321. The Bertz CT molecular complexity index is 700. The number of benzene rings is 1. The van der Waals surface area contributed by atoms with Gasteiger partial charge in [0, 0.05) is 23.9 Å². The highest BCUT2D eigenvalue weighted by Crippen LogP contribution is 2.25. The van der Waals surface area contributed by atoms with E-state index in [4.69, 9.17) is 11.6 Å². The van der Waals surface area contributed by atoms with Crippen LogP contribution in [0.1, 0.15) is 11.1 Å². The van der Waals surface area contributed by atoms with Gasteiger partial charge < -0.3 is 0 Å². The normalized spacial score (nSPS) is 12.0. The summed E-state index contributed by atoms with van der Waals surface area (Å²) < 4.78 is 27.5. The van der Waals surface area contributed by atoms with Crippen molar-refractivity contribution < 1.29 is 8.42 Å². The smallest absolute Gasteiger partial charge is 0.206 e. The molecule has 2 aromatic rings. The molecule has 0 N–H and O–H groups in total. The number of halogens is 2. The van der Waals surface area contributed by atoms with Gasteiger partial charge in [-0.25, -0.2) is 8.42 Å². The molecule has 0 saturated carbocycles. The summed E-state index contributed by atoms with van der Waals surface area (Å²) in [5, 5.41) is 1.77. The lowest BCUT2D eigenvalue weighted by molar-refractivity contribution is 0.468. The Balaban J connectivity index is 2.21. The molecule has 1 heterocycles. The Morgan fingerprint density at radius 1 is 1.30 bits per heavy atom. The minimum atomic E-state index is -3.46. The van der Waals surface area contributed by atoms with Crippen LogP contribution < -0.4 is 0 Å². The van der Waals surface area contributed by atoms with Gasteiger partial charge in [-0.05, 0) is 34.7 Å². The molecule has 0 unspecified atom stereocenters. The van der Waals surface area contributed by atoms with Gasteiger partial charge in [0.2, 0.25) is 0 Å². The van der Waals surface area contributed by atoms with Crippen LogP contribution >= 0.6 is 38.9 Å². The third-order valence-corrected chi connectivity index (χ3v) is 6.81. The van der Waals surface area contributed by atoms with Gasteiger partial charge in [0.05, 0.1) is 0 Å². The van der Waals surface area contributed by atoms with Gasteiger partial charge in [-0.15, -0.1) is 22.9 Å². The summed E-state index contributed by atoms with van der Waals surface area (Å²) in [6.07, 6.45) is 0. The van der Waals surface area contributed by atoms with Crippen LogP contribution in [0.15, 0.2) is 44.4 Å². The van der Waals surface area contributed by atoms with Crippen LogP contribution in [0.3, 0.4) is 0 Å². The van der Waals surface area contributed by atoms with Crippen LogP contribution in [0.4, 0.5) is 0 Å². The molecule has 3 nitrogen and oxygen atoms in total. The van der Waals surface area contributed by atoms with Gasteiger partial charge in [0.1, 0.15) is 4.21 Å². The van der Waals surface area contributed by atoms with E-state index in [2.05, 4.69) is 15.9 Å². The third-order valence-electron chi connectivity index (χ3n) is 2.74. The molecule has 2 rings (SSSR count). The van der Waals surface area contributed by atoms with Crippen molar-refractivity contribution in [3.05, 3.63) is 51.3 Å². The van der Waals surface area contributed by atoms with Crippen molar-refractivity contribution in [1.82, 2.24) is 4.31 Å². The van der Waals surface area contributed by atoms with Gasteiger partial charge >= 0.3 is 0 Å². The zero-order valence-electron chi connectivity index (χ0n) is 10.7. The molecule has 1 aromatic carbocycles. The van der Waals surface area contributed by atoms with Gasteiger partial charge in [-0.2, -0.15) is 4.31 Å². The van der Waals surface area contributed by atoms with E-state index in [1.165, 1.54) is 15.6 Å². The zero-order valence-corrected chi connectivity index (χ0v) is 14.7. The number of alkyl halides is 1. The molecule has 0 bridgehead atoms. The molecule has 0 aliphatic carbocycles. The van der Waals surface area contributed by atoms with Crippen LogP contribution in [0.25, 0.3) is 0 Å². The Labute approximate surface area is 136 Å². The average molecular weight is 395 g/mol. The number of sulfonamides is 1. The lowest BCUT2D eigenvalue weighted by Gasteiger charge is -2.16. The largest absolute Gasteiger partial charge is 0.252 e. The zero-order chi connectivity index (χ0) is 14.8. The van der Waals surface area contributed by atoms with E-state index >= 15 is 0 Å². The topological polar surface area (TPSA) is 37.4 Å². The minimum absolute atomic E-state index is 0.321. The maximum atomic E-state index is 12.4. The van der Waals surface area contributed by atoms with E-state index in [0.717, 1.165) is 15.6 Å². The summed E-state index contributed by atoms with van der Waals surface area (Å²) in [6, 6.07) is 9.23. The maximum Gasteiger partial charge on any atom is 0.252 e. The van der Waals surface area contributed by atoms with Gasteiger partial charge in [-0.1, -0.05) is 28.1 Å². The average Bonchev–Trinajstić information content (AvgIpc) is 2.88. The number of nitrogens with zero attached hydrogens (tertiary/aromatic N) is 1. The van der Waals surface area contributed by atoms with E-state index in [9.17, 15) is 8.42 Å². The van der Waals surface area contributed by atoms with Gasteiger partial charge in [0.15, 0.2) is 0 Å². The van der Waals surface area contributed by atoms with Gasteiger partial charge in [0.25, 0.3) is 10.0 Å². The number of hydrogen-bond donors (Lipinski definition) is 0. The molecule has 0 saturated heterocycles. The quantitative estimate of drug-likeness (QED) is 0.717. The highest BCUT2D eigenvalue weighted by atomic mass is 79.9. The Morgan fingerprint density at radius 2 is 2.05 bits per heavy atom. The SMILES string of the molecule is CN(Cc1cccc(Br)c1)S(=O)(=O)c1cc(CCl)cs1. The minimum Gasteiger partial charge on any atom is -0.206 e. The summed E-state index contributed by atoms with van der Waals surface area (Å²) in [5.41, 5.74) is 1.76. The molecule has 0 aliphatic heterocycles. The van der Waals surface area contributed by atoms with Crippen LogP contribution in [0.2, 0.25) is 0 Å². The van der Waals surface area contributed by atoms with Crippen molar-refractivity contribution in [3.63, 3.8) is 0 Å². The fourth-order valence-corrected chi connectivity index (χ4v) is 4.96. The number of hydrogen-bond acceptors (Lipinski definition) is 3. The molecule has 0 fully saturated rings. The molecule has 7 heteroatoms. The molecule has 108 valence electrons. The molecule has 0 aliphatic rings. The molecule has 1 aromatic heterocycles. The van der Waals surface area contributed by atoms with E-state index in [0.29, 0.717) is 16.6 Å². The van der Waals surface area contributed by atoms with Crippen LogP contribution in [0, 0.1) is 0 Å². The van der Waals surface area contributed by atoms with Crippen LogP contribution in [0.5, 0.6) is 0 Å². The molecule has 0 spiro atoms. The molecule has 0 atom stereocenters. The van der Waals surface area contributed by atoms with Gasteiger partial charge in [-0.3, -0.25) is 0 Å². The lowest BCUT2D eigenvalue weighted by atomic mass is 10.2. The molecule has 0 radical (unpaired) electrons. The fraction of sp³-hybridized carbons (Fsp3) is 0.231. The molecule has 20 heavy (non-hydrogen) atoms. The first kappa shape index (κ1) is 16.0. The highest BCUT2D eigenvalue weighted by molar-refractivity contribution is 9.10. The summed E-state index contributed by atoms with van der Waals surface area (Å²) in [7, 11) is -1.88. The first-order valence-electron chi connectivity index (χ1n) is 5.77. The second-order valence-corrected chi connectivity index (χ2v) is 8.66. The van der Waals surface area contributed by atoms with Crippen molar-refractivity contribution in [2.75, 3.05) is 7.05 Å². The van der Waals surface area contributed by atoms with Crippen molar-refractivity contribution in [2.24, 2.45) is 0 Å². The standard InChI is InChI=1S/C13H13BrClNO2S2/c1-16(8-10-3-2-4-12(14)5-10)20(17,18)13-6-11(7-15)9-19-13/h2-6,9H,7-8H2,1H3. The lowest BCUT2D eigenvalue weighted by Crippen LogP contribution is -2.25. The maximum absolute atomic E-state index is 12.4. The van der Waals surface area contributed by atoms with Crippen molar-refractivity contribution >= 4 is 48.9 Å². The van der Waals surface area contributed by atoms with E-state index in [1.54, 1.807) is 18.5 Å². The third kappa shape index (κ3) is 3.62. The molecular formula is C13H13BrClNO2S2. The second kappa shape index (κ2) is 6.58. The monoisotopic (exact) mass is 393 g/mol. The van der Waals surface area contributed by atoms with Crippen molar-refractivity contribution in [2.45, 2.75) is 16.6 Å². The van der Waals surface area contributed by atoms with E-state index in [-0.39, 0.29) is 0 Å². The summed E-state index contributed by atoms with van der Waals surface area (Å²) in [4.78, 5) is 0. The Hall–Kier alpha value is -0.400. The summed E-state index contributed by atoms with van der Waals surface area (Å²) >= 11 is 10.3. The first-order chi connectivity index (χ1) is 9.43. The Kier molecular flexibility index (Phi) is 5.25. The molecular weight excluding hydrogens is 382 g/mol. The summed E-state index contributed by atoms with van der Waals surface area (Å²) in [6.45, 7) is 0.329. The van der Waals surface area contributed by atoms with Crippen molar-refractivity contribution in [1.29, 1.82) is 0 Å². The number of rotatable bonds is 5. The number of thiophene rings is 1. The van der Waals surface area contributed by atoms with E-state index < -0.39 is 10.0 Å². The predicted octanol–water partition coefficient (Wildman–Crippen LogP) is 4.07. The van der Waals surface area contributed by atoms with E-state index in [1.807, 2.05) is 24.3 Å². The fourth-order valence-electron chi connectivity index (χ4n) is 1.69. The van der Waals surface area contributed by atoms with Crippen LogP contribution in [-0.4, -0.2) is 19.8 Å².